The molecule has 0 heterocycles. The molecule has 0 saturated heterocycles. The molecule has 0 bridgehead atoms. The van der Waals surface area contributed by atoms with Gasteiger partial charge in [-0.15, -0.1) is 0 Å². The van der Waals surface area contributed by atoms with Crippen LogP contribution in [0, 0.1) is 5.92 Å². The molecule has 0 aliphatic heterocycles. The van der Waals surface area contributed by atoms with Gasteiger partial charge in [-0.2, -0.15) is 0 Å². The van der Waals surface area contributed by atoms with Gasteiger partial charge in [-0.25, -0.2) is 0 Å². The second-order valence-corrected chi connectivity index (χ2v) is 2.85. The van der Waals surface area contributed by atoms with Gasteiger partial charge in [-0.1, -0.05) is 0 Å². The molecule has 0 aromatic rings. The zero-order valence-corrected chi connectivity index (χ0v) is 7.96. The molecular weight excluding hydrogens is 131 g/mol. The Labute approximate surface area is 70.9 Å². The summed E-state index contributed by atoms with van der Waals surface area (Å²) >= 11 is 0. The summed E-state index contributed by atoms with van der Waals surface area (Å²) in [5.74, 6) is 2.69. The van der Waals surface area contributed by atoms with Crippen LogP contribution in [0.25, 0.3) is 0 Å². The Bertz CT molecular complexity index is 173. The first-order valence-electron chi connectivity index (χ1n) is 4.18. The summed E-state index contributed by atoms with van der Waals surface area (Å²) in [6.07, 6.45) is 6.39. The summed E-state index contributed by atoms with van der Waals surface area (Å²) in [7, 11) is 0. The van der Waals surface area contributed by atoms with E-state index >= 15 is 0 Å². The molecule has 0 aliphatic carbocycles. The summed E-state index contributed by atoms with van der Waals surface area (Å²) in [6.45, 7) is 10.5. The van der Waals surface area contributed by atoms with Crippen molar-refractivity contribution in [3.05, 3.63) is 23.8 Å². The van der Waals surface area contributed by atoms with E-state index in [2.05, 4.69) is 38.0 Å². The normalized spacial score (nSPS) is 13.4. The van der Waals surface area contributed by atoms with Gasteiger partial charge < -0.3 is 0 Å². The summed E-state index contributed by atoms with van der Waals surface area (Å²) in [6, 6.07) is 0. The number of hydrogen-bond donors (Lipinski definition) is 0. The molecule has 0 radical (unpaired) electrons. The first-order chi connectivity index (χ1) is 5.22. The molecule has 0 fully saturated rings. The van der Waals surface area contributed by atoms with Gasteiger partial charge in [-0.3, -0.25) is 0 Å². The topological polar surface area (TPSA) is 0 Å². The Morgan fingerprint density at radius 3 is 2.36 bits per heavy atom. The van der Waals surface area contributed by atoms with Crippen LogP contribution in [0.1, 0.15) is 20.8 Å². The molecular formula is C10H17B. The van der Waals surface area contributed by atoms with Crippen LogP contribution in [0.3, 0.4) is 0 Å². The number of allylic oxidation sites excluding steroid dienone is 4. The summed E-state index contributed by atoms with van der Waals surface area (Å²) in [4.78, 5) is 0. The van der Waals surface area contributed by atoms with Gasteiger partial charge in [0.15, 0.2) is 0 Å². The van der Waals surface area contributed by atoms with Crippen molar-refractivity contribution in [2.45, 2.75) is 27.6 Å². The molecule has 0 aromatic heterocycles. The van der Waals surface area contributed by atoms with Crippen LogP contribution < -0.4 is 0 Å². The fourth-order valence-corrected chi connectivity index (χ4v) is 0.840. The maximum atomic E-state index is 2.20. The average Bonchev–Trinajstić information content (AvgIpc) is 1.97. The quantitative estimate of drug-likeness (QED) is 0.426. The number of hydrogen-bond acceptors (Lipinski definition) is 0. The van der Waals surface area contributed by atoms with E-state index in [1.54, 1.807) is 0 Å². The van der Waals surface area contributed by atoms with E-state index < -0.39 is 0 Å². The zero-order valence-electron chi connectivity index (χ0n) is 7.96. The van der Waals surface area contributed by atoms with Gasteiger partial charge in [0.2, 0.25) is 0 Å². The Balaban J connectivity index is 4.32. The van der Waals surface area contributed by atoms with E-state index in [1.807, 2.05) is 20.7 Å². The molecule has 0 unspecified atom stereocenters. The third-order valence-electron chi connectivity index (χ3n) is 1.51. The fraction of sp³-hybridized carbons (Fsp3) is 0.500. The van der Waals surface area contributed by atoms with Crippen LogP contribution in [0.4, 0.5) is 0 Å². The minimum atomic E-state index is 0.613. The van der Waals surface area contributed by atoms with E-state index in [0.717, 1.165) is 0 Å². The first kappa shape index (κ1) is 10.4. The third-order valence-corrected chi connectivity index (χ3v) is 1.51. The molecule has 1 heteroatoms. The molecule has 0 atom stereocenters. The van der Waals surface area contributed by atoms with Crippen molar-refractivity contribution in [2.24, 2.45) is 5.92 Å². The monoisotopic (exact) mass is 148 g/mol. The van der Waals surface area contributed by atoms with E-state index in [1.165, 1.54) is 5.57 Å². The van der Waals surface area contributed by atoms with Gasteiger partial charge >= 0.3 is 70.2 Å². The van der Waals surface area contributed by atoms with Gasteiger partial charge in [0.25, 0.3) is 0 Å². The predicted molar refractivity (Wildman–Crippen MR) is 55.4 cm³/mol. The Morgan fingerprint density at radius 1 is 1.36 bits per heavy atom. The maximum absolute atomic E-state index is 2.20. The van der Waals surface area contributed by atoms with Crippen molar-refractivity contribution in [1.82, 2.24) is 0 Å². The van der Waals surface area contributed by atoms with Crippen LogP contribution >= 0.6 is 0 Å². The standard InChI is InChI=1S/C10H17B/c1-5-6-10(9(2)3)7-8-11-4/h5-9H,1-4H3. The van der Waals surface area contributed by atoms with Gasteiger partial charge in [0, 0.05) is 0 Å². The van der Waals surface area contributed by atoms with E-state index in [0.29, 0.717) is 5.92 Å². The number of rotatable bonds is 3. The molecule has 0 nitrogen and oxygen atoms in total. The summed E-state index contributed by atoms with van der Waals surface area (Å²) in [5, 5.41) is 0. The molecule has 0 aromatic carbocycles. The average molecular weight is 148 g/mol. The predicted octanol–water partition coefficient (Wildman–Crippen LogP) is 2.70. The minimum absolute atomic E-state index is 0.613. The molecule has 60 valence electrons. The second-order valence-electron chi connectivity index (χ2n) is 2.85. The van der Waals surface area contributed by atoms with Crippen molar-refractivity contribution in [3.63, 3.8) is 0 Å². The van der Waals surface area contributed by atoms with Gasteiger partial charge in [0.1, 0.15) is 0 Å². The van der Waals surface area contributed by atoms with Gasteiger partial charge in [0.05, 0.1) is 0 Å². The van der Waals surface area contributed by atoms with E-state index in [4.69, 9.17) is 0 Å². The molecule has 0 rings (SSSR count). The Morgan fingerprint density at radius 2 is 2.00 bits per heavy atom. The molecule has 0 aliphatic rings. The van der Waals surface area contributed by atoms with Crippen LogP contribution in [0.15, 0.2) is 23.8 Å². The third kappa shape index (κ3) is 4.77. The second kappa shape index (κ2) is 6.15. The van der Waals surface area contributed by atoms with E-state index in [-0.39, 0.29) is 0 Å². The molecule has 0 saturated carbocycles. The van der Waals surface area contributed by atoms with Crippen LogP contribution in [-0.2, 0) is 0 Å². The first-order valence-corrected chi connectivity index (χ1v) is 4.18. The van der Waals surface area contributed by atoms with Crippen molar-refractivity contribution < 1.29 is 0 Å². The molecule has 0 spiro atoms. The summed E-state index contributed by atoms with van der Waals surface area (Å²) < 4.78 is 0. The van der Waals surface area contributed by atoms with Crippen LogP contribution in [0.2, 0.25) is 6.82 Å². The van der Waals surface area contributed by atoms with Crippen molar-refractivity contribution >= 4 is 12.9 Å². The SMILES string of the molecule is CB=CC=C(C=CC)C(C)C. The zero-order chi connectivity index (χ0) is 8.69. The fourth-order valence-electron chi connectivity index (χ4n) is 0.840. The molecule has 11 heavy (non-hydrogen) atoms. The van der Waals surface area contributed by atoms with Crippen molar-refractivity contribution in [2.75, 3.05) is 0 Å². The van der Waals surface area contributed by atoms with E-state index in [9.17, 15) is 0 Å². The van der Waals surface area contributed by atoms with Gasteiger partial charge in [-0.05, 0) is 0 Å². The van der Waals surface area contributed by atoms with Crippen molar-refractivity contribution in [1.29, 1.82) is 0 Å². The van der Waals surface area contributed by atoms with Crippen LogP contribution in [-0.4, -0.2) is 12.9 Å². The molecule has 0 amide bonds. The Hall–Kier alpha value is -0.585. The Kier molecular flexibility index (Phi) is 5.82. The molecule has 0 N–H and O–H groups in total. The summed E-state index contributed by atoms with van der Waals surface area (Å²) in [5.41, 5.74) is 1.38. The van der Waals surface area contributed by atoms with Crippen molar-refractivity contribution in [3.8, 4) is 0 Å². The van der Waals surface area contributed by atoms with Crippen LogP contribution in [0.5, 0.6) is 0 Å².